The summed E-state index contributed by atoms with van der Waals surface area (Å²) in [6.45, 7) is 8.17. The van der Waals surface area contributed by atoms with Crippen LogP contribution in [0.4, 0.5) is 5.69 Å². The SMILES string of the molecule is CC(=O)Nc1ccsc1CNCC1(C)CCN(C)CC1. The third kappa shape index (κ3) is 4.30. The molecule has 0 bridgehead atoms. The number of rotatable bonds is 5. The van der Waals surface area contributed by atoms with Gasteiger partial charge in [-0.1, -0.05) is 6.92 Å². The van der Waals surface area contributed by atoms with Crippen LogP contribution in [0.3, 0.4) is 0 Å². The van der Waals surface area contributed by atoms with E-state index >= 15 is 0 Å². The Morgan fingerprint density at radius 1 is 1.45 bits per heavy atom. The van der Waals surface area contributed by atoms with E-state index in [-0.39, 0.29) is 5.91 Å². The quantitative estimate of drug-likeness (QED) is 0.877. The molecule has 2 N–H and O–H groups in total. The molecule has 2 heterocycles. The predicted octanol–water partition coefficient (Wildman–Crippen LogP) is 2.53. The van der Waals surface area contributed by atoms with Crippen LogP contribution in [0.1, 0.15) is 31.6 Å². The van der Waals surface area contributed by atoms with Gasteiger partial charge in [0.25, 0.3) is 0 Å². The van der Waals surface area contributed by atoms with Crippen LogP contribution in [0.25, 0.3) is 0 Å². The minimum atomic E-state index is -0.00747. The summed E-state index contributed by atoms with van der Waals surface area (Å²) in [6.07, 6.45) is 2.50. The predicted molar refractivity (Wildman–Crippen MR) is 85.2 cm³/mol. The first-order valence-electron chi connectivity index (χ1n) is 7.22. The molecule has 0 aromatic carbocycles. The molecular formula is C15H25N3OS. The number of hydrogen-bond donors (Lipinski definition) is 2. The Hall–Kier alpha value is -0.910. The first-order chi connectivity index (χ1) is 9.48. The molecule has 1 aliphatic rings. The molecule has 4 nitrogen and oxygen atoms in total. The summed E-state index contributed by atoms with van der Waals surface area (Å²) in [5.41, 5.74) is 1.35. The molecule has 0 aliphatic carbocycles. The van der Waals surface area contributed by atoms with Crippen molar-refractivity contribution in [2.24, 2.45) is 5.41 Å². The number of nitrogens with one attached hydrogen (secondary N) is 2. The van der Waals surface area contributed by atoms with Gasteiger partial charge in [-0.05, 0) is 49.8 Å². The van der Waals surface area contributed by atoms with Gasteiger partial charge in [0.2, 0.25) is 5.91 Å². The Labute approximate surface area is 125 Å². The fraction of sp³-hybridized carbons (Fsp3) is 0.667. The lowest BCUT2D eigenvalue weighted by atomic mass is 9.80. The van der Waals surface area contributed by atoms with Crippen molar-refractivity contribution in [1.82, 2.24) is 10.2 Å². The topological polar surface area (TPSA) is 44.4 Å². The molecule has 112 valence electrons. The van der Waals surface area contributed by atoms with Crippen LogP contribution >= 0.6 is 11.3 Å². The van der Waals surface area contributed by atoms with Gasteiger partial charge in [-0.25, -0.2) is 0 Å². The van der Waals surface area contributed by atoms with Crippen molar-refractivity contribution >= 4 is 22.9 Å². The molecule has 1 aliphatic heterocycles. The van der Waals surface area contributed by atoms with Gasteiger partial charge >= 0.3 is 0 Å². The molecule has 1 fully saturated rings. The van der Waals surface area contributed by atoms with E-state index in [1.165, 1.54) is 30.8 Å². The summed E-state index contributed by atoms with van der Waals surface area (Å²) in [6, 6.07) is 1.97. The molecular weight excluding hydrogens is 270 g/mol. The van der Waals surface area contributed by atoms with Crippen LogP contribution in [-0.4, -0.2) is 37.5 Å². The van der Waals surface area contributed by atoms with E-state index in [2.05, 4.69) is 29.5 Å². The third-order valence-corrected chi connectivity index (χ3v) is 5.01. The highest BCUT2D eigenvalue weighted by Crippen LogP contribution is 2.30. The van der Waals surface area contributed by atoms with Gasteiger partial charge in [0.15, 0.2) is 0 Å². The molecule has 0 radical (unpaired) electrons. The normalized spacial score (nSPS) is 18.9. The molecule has 0 atom stereocenters. The van der Waals surface area contributed by atoms with Crippen LogP contribution in [-0.2, 0) is 11.3 Å². The van der Waals surface area contributed by atoms with Crippen molar-refractivity contribution in [2.75, 3.05) is 32.0 Å². The zero-order chi connectivity index (χ0) is 14.6. The van der Waals surface area contributed by atoms with Crippen LogP contribution in [0.5, 0.6) is 0 Å². The van der Waals surface area contributed by atoms with Gasteiger partial charge in [0, 0.05) is 24.9 Å². The third-order valence-electron chi connectivity index (χ3n) is 4.09. The Morgan fingerprint density at radius 3 is 2.80 bits per heavy atom. The molecule has 0 saturated carbocycles. The summed E-state index contributed by atoms with van der Waals surface area (Å²) in [4.78, 5) is 14.7. The Balaban J connectivity index is 1.81. The van der Waals surface area contributed by atoms with Gasteiger partial charge in [-0.3, -0.25) is 4.79 Å². The second-order valence-electron chi connectivity index (χ2n) is 6.16. The number of amides is 1. The zero-order valence-electron chi connectivity index (χ0n) is 12.7. The molecule has 0 unspecified atom stereocenters. The number of thiophene rings is 1. The number of carbonyl (C=O) groups excluding carboxylic acids is 1. The zero-order valence-corrected chi connectivity index (χ0v) is 13.5. The maximum Gasteiger partial charge on any atom is 0.221 e. The van der Waals surface area contributed by atoms with E-state index in [1.54, 1.807) is 18.3 Å². The Morgan fingerprint density at radius 2 is 2.15 bits per heavy atom. The first kappa shape index (κ1) is 15.5. The van der Waals surface area contributed by atoms with E-state index in [9.17, 15) is 4.79 Å². The first-order valence-corrected chi connectivity index (χ1v) is 8.10. The largest absolute Gasteiger partial charge is 0.325 e. The van der Waals surface area contributed by atoms with Gasteiger partial charge in [-0.15, -0.1) is 11.3 Å². The second-order valence-corrected chi connectivity index (χ2v) is 7.16. The van der Waals surface area contributed by atoms with Crippen molar-refractivity contribution in [3.8, 4) is 0 Å². The molecule has 20 heavy (non-hydrogen) atoms. The minimum absolute atomic E-state index is 0.00747. The number of anilines is 1. The van der Waals surface area contributed by atoms with Crippen LogP contribution in [0.15, 0.2) is 11.4 Å². The molecule has 1 amide bonds. The summed E-state index contributed by atoms with van der Waals surface area (Å²) in [5, 5.41) is 8.48. The summed E-state index contributed by atoms with van der Waals surface area (Å²) < 4.78 is 0. The number of likely N-dealkylation sites (tertiary alicyclic amines) is 1. The van der Waals surface area contributed by atoms with Crippen LogP contribution < -0.4 is 10.6 Å². The van der Waals surface area contributed by atoms with E-state index in [1.807, 2.05) is 11.4 Å². The van der Waals surface area contributed by atoms with Gasteiger partial charge in [0.05, 0.1) is 5.69 Å². The molecule has 1 saturated heterocycles. The fourth-order valence-corrected chi connectivity index (χ4v) is 3.39. The maximum atomic E-state index is 11.1. The molecule has 1 aromatic rings. The molecule has 5 heteroatoms. The van der Waals surface area contributed by atoms with Crippen molar-refractivity contribution in [3.63, 3.8) is 0 Å². The molecule has 2 rings (SSSR count). The van der Waals surface area contributed by atoms with E-state index in [4.69, 9.17) is 0 Å². The highest BCUT2D eigenvalue weighted by atomic mass is 32.1. The summed E-state index contributed by atoms with van der Waals surface area (Å²) in [5.74, 6) is -0.00747. The molecule has 1 aromatic heterocycles. The van der Waals surface area contributed by atoms with Crippen LogP contribution in [0.2, 0.25) is 0 Å². The standard InChI is InChI=1S/C15H25N3OS/c1-12(19)17-13-4-9-20-14(13)10-16-11-15(2)5-7-18(3)8-6-15/h4,9,16H,5-8,10-11H2,1-3H3,(H,17,19). The van der Waals surface area contributed by atoms with Crippen molar-refractivity contribution in [3.05, 3.63) is 16.3 Å². The van der Waals surface area contributed by atoms with Crippen molar-refractivity contribution in [2.45, 2.75) is 33.2 Å². The lowest BCUT2D eigenvalue weighted by Gasteiger charge is -2.38. The summed E-state index contributed by atoms with van der Waals surface area (Å²) in [7, 11) is 2.19. The fourth-order valence-electron chi connectivity index (χ4n) is 2.59. The number of piperidine rings is 1. The van der Waals surface area contributed by atoms with Crippen molar-refractivity contribution in [1.29, 1.82) is 0 Å². The van der Waals surface area contributed by atoms with E-state index < -0.39 is 0 Å². The van der Waals surface area contributed by atoms with E-state index in [0.717, 1.165) is 18.8 Å². The smallest absolute Gasteiger partial charge is 0.221 e. The number of hydrogen-bond acceptors (Lipinski definition) is 4. The Kier molecular flexibility index (Phi) is 5.18. The number of nitrogens with zero attached hydrogens (tertiary/aromatic N) is 1. The number of carbonyl (C=O) groups is 1. The summed E-state index contributed by atoms with van der Waals surface area (Å²) >= 11 is 1.69. The lowest BCUT2D eigenvalue weighted by molar-refractivity contribution is -0.114. The highest BCUT2D eigenvalue weighted by Gasteiger charge is 2.28. The monoisotopic (exact) mass is 295 g/mol. The average molecular weight is 295 g/mol. The highest BCUT2D eigenvalue weighted by molar-refractivity contribution is 7.10. The lowest BCUT2D eigenvalue weighted by Crippen LogP contribution is -2.41. The van der Waals surface area contributed by atoms with Crippen LogP contribution in [0, 0.1) is 5.41 Å². The molecule has 0 spiro atoms. The van der Waals surface area contributed by atoms with Gasteiger partial charge in [-0.2, -0.15) is 0 Å². The average Bonchev–Trinajstić information content (AvgIpc) is 2.80. The van der Waals surface area contributed by atoms with Crippen molar-refractivity contribution < 1.29 is 4.79 Å². The van der Waals surface area contributed by atoms with E-state index in [0.29, 0.717) is 5.41 Å². The Bertz CT molecular complexity index is 450. The van der Waals surface area contributed by atoms with Gasteiger partial charge < -0.3 is 15.5 Å². The van der Waals surface area contributed by atoms with Gasteiger partial charge in [0.1, 0.15) is 0 Å². The minimum Gasteiger partial charge on any atom is -0.325 e. The maximum absolute atomic E-state index is 11.1. The second kappa shape index (κ2) is 6.70.